The van der Waals surface area contributed by atoms with Crippen molar-refractivity contribution in [2.75, 3.05) is 19.8 Å². The Bertz CT molecular complexity index is 1430. The van der Waals surface area contributed by atoms with Gasteiger partial charge in [-0.2, -0.15) is 18.3 Å². The maximum absolute atomic E-state index is 13.6. The number of aromatic nitrogens is 3. The number of carbonyl (C=O) groups excluding carboxylic acids is 2. The number of ether oxygens (including phenoxy) is 2. The van der Waals surface area contributed by atoms with Gasteiger partial charge in [-0.25, -0.2) is 9.67 Å². The molecule has 0 radical (unpaired) electrons. The van der Waals surface area contributed by atoms with Crippen molar-refractivity contribution in [1.82, 2.24) is 25.4 Å². The number of fused-ring (bicyclic) bond motifs is 1. The summed E-state index contributed by atoms with van der Waals surface area (Å²) < 4.78 is 53.0. The first-order valence-corrected chi connectivity index (χ1v) is 13.7. The highest BCUT2D eigenvalue weighted by molar-refractivity contribution is 6.32. The first kappa shape index (κ1) is 29.3. The Morgan fingerprint density at radius 1 is 1.24 bits per heavy atom. The third kappa shape index (κ3) is 5.92. The lowest BCUT2D eigenvalue weighted by atomic mass is 9.77. The van der Waals surface area contributed by atoms with Crippen LogP contribution in [0.15, 0.2) is 59.8 Å². The van der Waals surface area contributed by atoms with E-state index in [2.05, 4.69) is 20.7 Å². The molecule has 0 bridgehead atoms. The van der Waals surface area contributed by atoms with Gasteiger partial charge in [0.2, 0.25) is 5.91 Å². The molecule has 41 heavy (non-hydrogen) atoms. The zero-order valence-electron chi connectivity index (χ0n) is 21.8. The molecule has 2 amide bonds. The Morgan fingerprint density at radius 2 is 2.00 bits per heavy atom. The predicted molar refractivity (Wildman–Crippen MR) is 144 cm³/mol. The van der Waals surface area contributed by atoms with Crippen molar-refractivity contribution in [3.63, 3.8) is 0 Å². The largest absolute Gasteiger partial charge is 0.435 e. The van der Waals surface area contributed by atoms with Crippen LogP contribution in [0.2, 0.25) is 5.02 Å². The first-order valence-electron chi connectivity index (χ1n) is 12.9. The average molecular weight is 612 g/mol. The molecule has 3 heterocycles. The molecule has 0 aromatic carbocycles. The highest BCUT2D eigenvalue weighted by Gasteiger charge is 2.42. The molecule has 14 heteroatoms. The molecule has 3 atom stereocenters. The number of rotatable bonds is 7. The molecular formula is C27H26Cl2F3N5O4. The number of nitrogens with zero attached hydrogens (tertiary/aromatic N) is 3. The fourth-order valence-electron chi connectivity index (χ4n) is 5.01. The SMILES string of the molecule is CCC1(CNC(=O)C2=CC3=CC=CCC3C(Cl)C2NC(=O)c2cc(C(F)(F)F)nn2-c2ncccc2Cl)OCCO1. The summed E-state index contributed by atoms with van der Waals surface area (Å²) in [5.41, 5.74) is -0.859. The van der Waals surface area contributed by atoms with E-state index in [-0.39, 0.29) is 28.9 Å². The molecule has 0 saturated carbocycles. The Labute approximate surface area is 243 Å². The van der Waals surface area contributed by atoms with Crippen LogP contribution in [0.3, 0.4) is 0 Å². The quantitative estimate of drug-likeness (QED) is 0.451. The second-order valence-corrected chi connectivity index (χ2v) is 10.6. The fraction of sp³-hybridized carbons (Fsp3) is 0.407. The van der Waals surface area contributed by atoms with Gasteiger partial charge in [-0.15, -0.1) is 11.6 Å². The van der Waals surface area contributed by atoms with Gasteiger partial charge in [-0.1, -0.05) is 36.8 Å². The molecule has 2 N–H and O–H groups in total. The maximum Gasteiger partial charge on any atom is 0.435 e. The Kier molecular flexibility index (Phi) is 8.29. The molecule has 3 unspecified atom stereocenters. The van der Waals surface area contributed by atoms with Crippen molar-refractivity contribution in [3.05, 3.63) is 76.3 Å². The number of halogens is 5. The smallest absolute Gasteiger partial charge is 0.347 e. The van der Waals surface area contributed by atoms with Crippen LogP contribution in [0.4, 0.5) is 13.2 Å². The van der Waals surface area contributed by atoms with E-state index in [4.69, 9.17) is 32.7 Å². The number of hydrogen-bond acceptors (Lipinski definition) is 6. The molecule has 1 saturated heterocycles. The summed E-state index contributed by atoms with van der Waals surface area (Å²) in [6.45, 7) is 2.70. The van der Waals surface area contributed by atoms with Crippen LogP contribution in [-0.2, 0) is 20.4 Å². The van der Waals surface area contributed by atoms with Crippen molar-refractivity contribution in [1.29, 1.82) is 0 Å². The summed E-state index contributed by atoms with van der Waals surface area (Å²) in [6, 6.07) is 2.44. The second-order valence-electron chi connectivity index (χ2n) is 9.71. The van der Waals surface area contributed by atoms with Crippen molar-refractivity contribution < 1.29 is 32.2 Å². The molecule has 9 nitrogen and oxygen atoms in total. The van der Waals surface area contributed by atoms with E-state index >= 15 is 0 Å². The van der Waals surface area contributed by atoms with Crippen LogP contribution < -0.4 is 10.6 Å². The fourth-order valence-corrected chi connectivity index (χ4v) is 5.66. The third-order valence-electron chi connectivity index (χ3n) is 7.19. The van der Waals surface area contributed by atoms with E-state index in [0.717, 1.165) is 10.3 Å². The van der Waals surface area contributed by atoms with Gasteiger partial charge >= 0.3 is 6.18 Å². The highest BCUT2D eigenvalue weighted by Crippen LogP contribution is 2.38. The normalized spacial score (nSPS) is 23.4. The molecule has 1 fully saturated rings. The van der Waals surface area contributed by atoms with Crippen LogP contribution in [0, 0.1) is 5.92 Å². The van der Waals surface area contributed by atoms with E-state index in [1.54, 1.807) is 6.08 Å². The predicted octanol–water partition coefficient (Wildman–Crippen LogP) is 4.36. The molecule has 2 aromatic heterocycles. The summed E-state index contributed by atoms with van der Waals surface area (Å²) in [5, 5.41) is 8.24. The Balaban J connectivity index is 1.47. The third-order valence-corrected chi connectivity index (χ3v) is 8.05. The topological polar surface area (TPSA) is 107 Å². The second kappa shape index (κ2) is 11.6. The standard InChI is InChI=1S/C27H26Cl2F3N5O4/c1-2-26(40-10-11-41-26)14-34-24(38)17-12-15-6-3-4-7-16(15)21(29)22(17)35-25(39)19-13-20(27(30,31)32)36-37(19)23-18(28)8-5-9-33-23/h3-6,8-9,12-13,16,21-22H,2,7,10-11,14H2,1H3,(H,34,38)(H,35,39). The summed E-state index contributed by atoms with van der Waals surface area (Å²) in [4.78, 5) is 31.1. The monoisotopic (exact) mass is 611 g/mol. The van der Waals surface area contributed by atoms with Gasteiger partial charge in [0.1, 0.15) is 5.69 Å². The first-order chi connectivity index (χ1) is 19.5. The zero-order chi connectivity index (χ0) is 29.4. The maximum atomic E-state index is 13.6. The average Bonchev–Trinajstić information content (AvgIpc) is 3.62. The van der Waals surface area contributed by atoms with E-state index < -0.39 is 46.6 Å². The van der Waals surface area contributed by atoms with Gasteiger partial charge in [0.05, 0.1) is 36.2 Å². The highest BCUT2D eigenvalue weighted by atomic mass is 35.5. The Hall–Kier alpha value is -3.19. The van der Waals surface area contributed by atoms with E-state index in [1.165, 1.54) is 18.3 Å². The summed E-state index contributed by atoms with van der Waals surface area (Å²) in [6.07, 6.45) is 4.75. The summed E-state index contributed by atoms with van der Waals surface area (Å²) in [5.74, 6) is -2.86. The minimum Gasteiger partial charge on any atom is -0.347 e. The lowest BCUT2D eigenvalue weighted by molar-refractivity contribution is -0.158. The van der Waals surface area contributed by atoms with Crippen LogP contribution in [0.1, 0.15) is 35.9 Å². The number of pyridine rings is 1. The summed E-state index contributed by atoms with van der Waals surface area (Å²) >= 11 is 13.0. The molecule has 1 aliphatic heterocycles. The molecule has 5 rings (SSSR count). The number of nitrogens with one attached hydrogen (secondary N) is 2. The van der Waals surface area contributed by atoms with Crippen LogP contribution >= 0.6 is 23.2 Å². The zero-order valence-corrected chi connectivity index (χ0v) is 23.3. The van der Waals surface area contributed by atoms with Crippen LogP contribution in [-0.4, -0.2) is 63.5 Å². The van der Waals surface area contributed by atoms with Crippen LogP contribution in [0.25, 0.3) is 5.82 Å². The van der Waals surface area contributed by atoms with Gasteiger partial charge < -0.3 is 20.1 Å². The van der Waals surface area contributed by atoms with Gasteiger partial charge in [0.25, 0.3) is 5.91 Å². The Morgan fingerprint density at radius 3 is 2.68 bits per heavy atom. The molecular weight excluding hydrogens is 586 g/mol. The van der Waals surface area contributed by atoms with E-state index in [0.29, 0.717) is 32.1 Å². The van der Waals surface area contributed by atoms with Crippen molar-refractivity contribution in [2.24, 2.45) is 5.92 Å². The summed E-state index contributed by atoms with van der Waals surface area (Å²) in [7, 11) is 0. The minimum absolute atomic E-state index is 0.0174. The molecule has 218 valence electrons. The van der Waals surface area contributed by atoms with E-state index in [1.807, 2.05) is 25.2 Å². The molecule has 2 aliphatic carbocycles. The van der Waals surface area contributed by atoms with Gasteiger partial charge in [-0.05, 0) is 30.2 Å². The van der Waals surface area contributed by atoms with Crippen molar-refractivity contribution >= 4 is 35.0 Å². The molecule has 0 spiro atoms. The van der Waals surface area contributed by atoms with Gasteiger partial charge in [0.15, 0.2) is 17.3 Å². The van der Waals surface area contributed by atoms with Crippen molar-refractivity contribution in [3.8, 4) is 5.82 Å². The number of carbonyl (C=O) groups is 2. The molecule has 2 aromatic rings. The van der Waals surface area contributed by atoms with Crippen LogP contribution in [0.5, 0.6) is 0 Å². The lowest BCUT2D eigenvalue weighted by Crippen LogP contribution is -2.52. The van der Waals surface area contributed by atoms with Gasteiger partial charge in [0, 0.05) is 30.2 Å². The van der Waals surface area contributed by atoms with Gasteiger partial charge in [-0.3, -0.25) is 9.59 Å². The molecule has 3 aliphatic rings. The number of alkyl halides is 4. The number of amides is 2. The number of allylic oxidation sites excluding steroid dienone is 5. The van der Waals surface area contributed by atoms with Crippen molar-refractivity contribution in [2.45, 2.75) is 43.1 Å². The lowest BCUT2D eigenvalue weighted by Gasteiger charge is -2.37. The van der Waals surface area contributed by atoms with E-state index in [9.17, 15) is 22.8 Å². The number of hydrogen-bond donors (Lipinski definition) is 2. The minimum atomic E-state index is -4.85.